The fourth-order valence-corrected chi connectivity index (χ4v) is 1.57. The summed E-state index contributed by atoms with van der Waals surface area (Å²) in [5.41, 5.74) is -0.172. The van der Waals surface area contributed by atoms with Crippen LogP contribution >= 0.6 is 0 Å². The highest BCUT2D eigenvalue weighted by atomic mass is 16.5. The number of hydrogen-bond donors (Lipinski definition) is 2. The van der Waals surface area contributed by atoms with Crippen molar-refractivity contribution < 1.29 is 19.7 Å². The monoisotopic (exact) mass is 254 g/mol. The van der Waals surface area contributed by atoms with Crippen molar-refractivity contribution in [2.45, 2.75) is 32.3 Å². The van der Waals surface area contributed by atoms with E-state index in [1.165, 1.54) is 6.92 Å². The minimum absolute atomic E-state index is 0.0620. The van der Waals surface area contributed by atoms with Crippen LogP contribution in [0.5, 0.6) is 11.5 Å². The standard InChI is InChI=1S/C14H22O4/c1-4-5-11-8-12(17-3)6-7-13(11)18-10-14(2,16)9-15/h6-8,15-16H,4-5,9-10H2,1-3H3/t14-/m1/s1. The maximum absolute atomic E-state index is 9.71. The van der Waals surface area contributed by atoms with E-state index >= 15 is 0 Å². The van der Waals surface area contributed by atoms with Crippen LogP contribution < -0.4 is 9.47 Å². The lowest BCUT2D eigenvalue weighted by molar-refractivity contribution is -0.0326. The molecule has 0 aliphatic heterocycles. The Hall–Kier alpha value is -1.26. The van der Waals surface area contributed by atoms with Crippen molar-refractivity contribution in [2.75, 3.05) is 20.3 Å². The fraction of sp³-hybridized carbons (Fsp3) is 0.571. The molecule has 0 fully saturated rings. The van der Waals surface area contributed by atoms with Crippen molar-refractivity contribution in [2.24, 2.45) is 0 Å². The molecule has 102 valence electrons. The van der Waals surface area contributed by atoms with E-state index in [2.05, 4.69) is 6.92 Å². The maximum atomic E-state index is 9.71. The average Bonchev–Trinajstić information content (AvgIpc) is 2.37. The van der Waals surface area contributed by atoms with E-state index in [-0.39, 0.29) is 13.2 Å². The summed E-state index contributed by atoms with van der Waals surface area (Å²) in [4.78, 5) is 0. The molecule has 0 amide bonds. The number of benzene rings is 1. The summed E-state index contributed by atoms with van der Waals surface area (Å²) in [6.07, 6.45) is 1.88. The number of rotatable bonds is 7. The number of hydrogen-bond acceptors (Lipinski definition) is 4. The van der Waals surface area contributed by atoms with Crippen LogP contribution in [0.4, 0.5) is 0 Å². The molecule has 0 saturated heterocycles. The normalized spacial score (nSPS) is 14.1. The molecule has 0 unspecified atom stereocenters. The molecule has 1 rings (SSSR count). The maximum Gasteiger partial charge on any atom is 0.122 e. The van der Waals surface area contributed by atoms with Crippen molar-refractivity contribution in [3.63, 3.8) is 0 Å². The van der Waals surface area contributed by atoms with E-state index in [1.54, 1.807) is 7.11 Å². The molecule has 1 aromatic rings. The van der Waals surface area contributed by atoms with Gasteiger partial charge in [0.15, 0.2) is 0 Å². The third-order valence-electron chi connectivity index (χ3n) is 2.67. The Labute approximate surface area is 108 Å². The summed E-state index contributed by atoms with van der Waals surface area (Å²) in [5, 5.41) is 18.7. The first-order valence-electron chi connectivity index (χ1n) is 6.15. The molecule has 0 bridgehead atoms. The van der Waals surface area contributed by atoms with Gasteiger partial charge in [-0.1, -0.05) is 13.3 Å². The zero-order valence-corrected chi connectivity index (χ0v) is 11.3. The first-order chi connectivity index (χ1) is 8.52. The Morgan fingerprint density at radius 2 is 2.06 bits per heavy atom. The highest BCUT2D eigenvalue weighted by Crippen LogP contribution is 2.26. The highest BCUT2D eigenvalue weighted by Gasteiger charge is 2.20. The summed E-state index contributed by atoms with van der Waals surface area (Å²) in [5.74, 6) is 1.52. The Balaban J connectivity index is 2.80. The van der Waals surface area contributed by atoms with Crippen molar-refractivity contribution >= 4 is 0 Å². The summed E-state index contributed by atoms with van der Waals surface area (Å²) in [7, 11) is 1.63. The molecule has 0 aliphatic rings. The van der Waals surface area contributed by atoms with E-state index in [0.29, 0.717) is 0 Å². The summed E-state index contributed by atoms with van der Waals surface area (Å²) in [6.45, 7) is 3.36. The average molecular weight is 254 g/mol. The molecule has 1 aromatic carbocycles. The van der Waals surface area contributed by atoms with Crippen LogP contribution in [0.25, 0.3) is 0 Å². The summed E-state index contributed by atoms with van der Waals surface area (Å²) < 4.78 is 10.8. The number of methoxy groups -OCH3 is 1. The Morgan fingerprint density at radius 3 is 2.61 bits per heavy atom. The predicted molar refractivity (Wildman–Crippen MR) is 70.2 cm³/mol. The second kappa shape index (κ2) is 6.61. The van der Waals surface area contributed by atoms with Gasteiger partial charge in [0, 0.05) is 0 Å². The highest BCUT2D eigenvalue weighted by molar-refractivity contribution is 5.40. The molecule has 0 radical (unpaired) electrons. The van der Waals surface area contributed by atoms with Crippen LogP contribution in [-0.2, 0) is 6.42 Å². The molecule has 18 heavy (non-hydrogen) atoms. The van der Waals surface area contributed by atoms with Gasteiger partial charge in [-0.25, -0.2) is 0 Å². The minimum Gasteiger partial charge on any atom is -0.497 e. The molecular formula is C14H22O4. The molecule has 0 spiro atoms. The third-order valence-corrected chi connectivity index (χ3v) is 2.67. The van der Waals surface area contributed by atoms with Gasteiger partial charge in [0.1, 0.15) is 23.7 Å². The van der Waals surface area contributed by atoms with E-state index in [1.807, 2.05) is 18.2 Å². The third kappa shape index (κ3) is 4.20. The second-order valence-electron chi connectivity index (χ2n) is 4.67. The van der Waals surface area contributed by atoms with Crippen molar-refractivity contribution in [3.05, 3.63) is 23.8 Å². The fourth-order valence-electron chi connectivity index (χ4n) is 1.57. The van der Waals surface area contributed by atoms with Gasteiger partial charge < -0.3 is 19.7 Å². The molecule has 2 N–H and O–H groups in total. The smallest absolute Gasteiger partial charge is 0.122 e. The van der Waals surface area contributed by atoms with Gasteiger partial charge in [-0.3, -0.25) is 0 Å². The van der Waals surface area contributed by atoms with E-state index in [9.17, 15) is 5.11 Å². The van der Waals surface area contributed by atoms with Crippen LogP contribution in [0.2, 0.25) is 0 Å². The molecule has 1 atom stereocenters. The van der Waals surface area contributed by atoms with Crippen molar-refractivity contribution in [1.29, 1.82) is 0 Å². The lowest BCUT2D eigenvalue weighted by Gasteiger charge is -2.22. The summed E-state index contributed by atoms with van der Waals surface area (Å²) in [6, 6.07) is 5.59. The zero-order chi connectivity index (χ0) is 13.6. The first kappa shape index (κ1) is 14.8. The second-order valence-corrected chi connectivity index (χ2v) is 4.67. The van der Waals surface area contributed by atoms with E-state index in [4.69, 9.17) is 14.6 Å². The van der Waals surface area contributed by atoms with Crippen LogP contribution in [-0.4, -0.2) is 36.1 Å². The number of ether oxygens (including phenoxy) is 2. The molecule has 0 aromatic heterocycles. The van der Waals surface area contributed by atoms with Gasteiger partial charge in [0.05, 0.1) is 13.7 Å². The number of aliphatic hydroxyl groups is 2. The van der Waals surface area contributed by atoms with Crippen LogP contribution in [0, 0.1) is 0 Å². The lowest BCUT2D eigenvalue weighted by atomic mass is 10.1. The van der Waals surface area contributed by atoms with Gasteiger partial charge in [-0.2, -0.15) is 0 Å². The molecule has 0 saturated carbocycles. The Morgan fingerprint density at radius 1 is 1.33 bits per heavy atom. The van der Waals surface area contributed by atoms with Crippen molar-refractivity contribution in [3.8, 4) is 11.5 Å². The number of aryl methyl sites for hydroxylation is 1. The summed E-state index contributed by atoms with van der Waals surface area (Å²) >= 11 is 0. The molecular weight excluding hydrogens is 232 g/mol. The molecule has 4 nitrogen and oxygen atoms in total. The van der Waals surface area contributed by atoms with Crippen LogP contribution in [0.15, 0.2) is 18.2 Å². The van der Waals surface area contributed by atoms with Gasteiger partial charge in [0.2, 0.25) is 0 Å². The van der Waals surface area contributed by atoms with E-state index < -0.39 is 5.60 Å². The molecule has 4 heteroatoms. The van der Waals surface area contributed by atoms with Gasteiger partial charge >= 0.3 is 0 Å². The Kier molecular flexibility index (Phi) is 5.44. The first-order valence-corrected chi connectivity index (χ1v) is 6.15. The predicted octanol–water partition coefficient (Wildman–Crippen LogP) is 1.77. The largest absolute Gasteiger partial charge is 0.497 e. The zero-order valence-electron chi connectivity index (χ0n) is 11.3. The topological polar surface area (TPSA) is 58.9 Å². The van der Waals surface area contributed by atoms with Gasteiger partial charge in [0.25, 0.3) is 0 Å². The van der Waals surface area contributed by atoms with Crippen LogP contribution in [0.3, 0.4) is 0 Å². The number of aliphatic hydroxyl groups excluding tert-OH is 1. The lowest BCUT2D eigenvalue weighted by Crippen LogP contribution is -2.36. The molecule has 0 aliphatic carbocycles. The van der Waals surface area contributed by atoms with Crippen molar-refractivity contribution in [1.82, 2.24) is 0 Å². The van der Waals surface area contributed by atoms with Gasteiger partial charge in [-0.05, 0) is 37.1 Å². The SMILES string of the molecule is CCCc1cc(OC)ccc1OC[C@](C)(O)CO. The quantitative estimate of drug-likeness (QED) is 0.778. The van der Waals surface area contributed by atoms with Gasteiger partial charge in [-0.15, -0.1) is 0 Å². The minimum atomic E-state index is -1.22. The molecule has 0 heterocycles. The Bertz CT molecular complexity index is 374. The van der Waals surface area contributed by atoms with E-state index in [0.717, 1.165) is 29.9 Å². The van der Waals surface area contributed by atoms with Crippen LogP contribution in [0.1, 0.15) is 25.8 Å².